The molecule has 1 aromatic rings. The Balaban J connectivity index is 2.07. The minimum atomic E-state index is -0.270. The van der Waals surface area contributed by atoms with Gasteiger partial charge in [0.05, 0.1) is 0 Å². The summed E-state index contributed by atoms with van der Waals surface area (Å²) in [6, 6.07) is 7.94. The molecule has 0 saturated heterocycles. The molecule has 0 bridgehead atoms. The molecule has 0 aromatic heterocycles. The van der Waals surface area contributed by atoms with Crippen LogP contribution < -0.4 is 10.6 Å². The Hall–Kier alpha value is -1.35. The van der Waals surface area contributed by atoms with E-state index in [0.29, 0.717) is 6.42 Å². The van der Waals surface area contributed by atoms with Crippen LogP contribution in [0.5, 0.6) is 0 Å². The van der Waals surface area contributed by atoms with Crippen LogP contribution in [0.2, 0.25) is 0 Å². The van der Waals surface area contributed by atoms with Crippen molar-refractivity contribution in [3.63, 3.8) is 0 Å². The number of rotatable bonds is 3. The summed E-state index contributed by atoms with van der Waals surface area (Å²) in [7, 11) is 1.84. The van der Waals surface area contributed by atoms with Gasteiger partial charge in [0, 0.05) is 24.7 Å². The van der Waals surface area contributed by atoms with Crippen LogP contribution in [0.25, 0.3) is 0 Å². The number of aryl methyl sites for hydroxylation is 1. The van der Waals surface area contributed by atoms with Crippen LogP contribution in [-0.2, 0) is 4.79 Å². The predicted molar refractivity (Wildman–Crippen MR) is 74.6 cm³/mol. The van der Waals surface area contributed by atoms with Crippen LogP contribution in [0, 0.1) is 6.92 Å². The van der Waals surface area contributed by atoms with Crippen molar-refractivity contribution in [1.29, 1.82) is 0 Å². The lowest BCUT2D eigenvalue weighted by Crippen LogP contribution is -2.42. The Morgan fingerprint density at radius 3 is 2.56 bits per heavy atom. The van der Waals surface area contributed by atoms with Gasteiger partial charge < -0.3 is 10.6 Å². The maximum Gasteiger partial charge on any atom is 0.228 e. The first-order valence-electron chi connectivity index (χ1n) is 6.63. The van der Waals surface area contributed by atoms with E-state index in [9.17, 15) is 4.79 Å². The molecule has 98 valence electrons. The lowest BCUT2D eigenvalue weighted by atomic mass is 9.94. The lowest BCUT2D eigenvalue weighted by molar-refractivity contribution is -0.119. The Labute approximate surface area is 109 Å². The van der Waals surface area contributed by atoms with Gasteiger partial charge in [-0.2, -0.15) is 0 Å². The van der Waals surface area contributed by atoms with E-state index in [1.165, 1.54) is 0 Å². The van der Waals surface area contributed by atoms with Crippen molar-refractivity contribution in [3.8, 4) is 0 Å². The number of carbonyl (C=O) groups excluding carboxylic acids is 1. The summed E-state index contributed by atoms with van der Waals surface area (Å²) in [5.41, 5.74) is 8.09. The van der Waals surface area contributed by atoms with Crippen LogP contribution in [0.1, 0.15) is 37.7 Å². The van der Waals surface area contributed by atoms with Crippen molar-refractivity contribution in [2.45, 2.75) is 44.6 Å². The van der Waals surface area contributed by atoms with Gasteiger partial charge >= 0.3 is 0 Å². The molecule has 18 heavy (non-hydrogen) atoms. The van der Waals surface area contributed by atoms with E-state index < -0.39 is 0 Å². The lowest BCUT2D eigenvalue weighted by Gasteiger charge is -2.27. The summed E-state index contributed by atoms with van der Waals surface area (Å²) >= 11 is 0. The molecule has 0 spiro atoms. The first-order chi connectivity index (χ1) is 8.52. The quantitative estimate of drug-likeness (QED) is 0.891. The first kappa shape index (κ1) is 13.1. The highest BCUT2D eigenvalue weighted by Crippen LogP contribution is 2.31. The fourth-order valence-electron chi connectivity index (χ4n) is 2.75. The van der Waals surface area contributed by atoms with Crippen molar-refractivity contribution in [1.82, 2.24) is 0 Å². The van der Waals surface area contributed by atoms with Crippen LogP contribution >= 0.6 is 0 Å². The molecule has 0 aliphatic heterocycles. The van der Waals surface area contributed by atoms with Gasteiger partial charge in [-0.25, -0.2) is 0 Å². The van der Waals surface area contributed by atoms with Crippen molar-refractivity contribution >= 4 is 11.6 Å². The maximum absolute atomic E-state index is 12.3. The molecular formula is C15H22N2O. The smallest absolute Gasteiger partial charge is 0.228 e. The van der Waals surface area contributed by atoms with Crippen LogP contribution in [0.4, 0.5) is 5.69 Å². The SMILES string of the molecule is Cc1ccccc1N(C)C(=O)CC1(N)CCCC1. The zero-order valence-corrected chi connectivity index (χ0v) is 11.3. The van der Waals surface area contributed by atoms with Gasteiger partial charge in [-0.15, -0.1) is 0 Å². The molecule has 1 aromatic carbocycles. The van der Waals surface area contributed by atoms with E-state index in [4.69, 9.17) is 5.73 Å². The number of benzene rings is 1. The summed E-state index contributed by atoms with van der Waals surface area (Å²) in [5, 5.41) is 0. The van der Waals surface area contributed by atoms with Gasteiger partial charge in [0.15, 0.2) is 0 Å². The fraction of sp³-hybridized carbons (Fsp3) is 0.533. The predicted octanol–water partition coefficient (Wildman–Crippen LogP) is 2.62. The number of hydrogen-bond acceptors (Lipinski definition) is 2. The first-order valence-corrected chi connectivity index (χ1v) is 6.63. The molecule has 0 unspecified atom stereocenters. The van der Waals surface area contributed by atoms with E-state index in [2.05, 4.69) is 0 Å². The normalized spacial score (nSPS) is 17.7. The average molecular weight is 246 g/mol. The van der Waals surface area contributed by atoms with Gasteiger partial charge in [0.25, 0.3) is 0 Å². The molecule has 3 heteroatoms. The number of hydrogen-bond donors (Lipinski definition) is 1. The van der Waals surface area contributed by atoms with Crippen molar-refractivity contribution < 1.29 is 4.79 Å². The Morgan fingerprint density at radius 1 is 1.33 bits per heavy atom. The maximum atomic E-state index is 12.3. The Kier molecular flexibility index (Phi) is 3.71. The minimum Gasteiger partial charge on any atom is -0.325 e. The summed E-state index contributed by atoms with van der Waals surface area (Å²) < 4.78 is 0. The molecule has 1 fully saturated rings. The van der Waals surface area contributed by atoms with E-state index >= 15 is 0 Å². The van der Waals surface area contributed by atoms with E-state index in [1.807, 2.05) is 38.2 Å². The topological polar surface area (TPSA) is 46.3 Å². The van der Waals surface area contributed by atoms with Gasteiger partial charge in [-0.05, 0) is 31.4 Å². The van der Waals surface area contributed by atoms with Gasteiger partial charge in [-0.3, -0.25) is 4.79 Å². The standard InChI is InChI=1S/C15H22N2O/c1-12-7-3-4-8-13(12)17(2)14(18)11-15(16)9-5-6-10-15/h3-4,7-8H,5-6,9-11,16H2,1-2H3. The highest BCUT2D eigenvalue weighted by molar-refractivity contribution is 5.94. The number of anilines is 1. The molecule has 2 rings (SSSR count). The molecule has 0 heterocycles. The zero-order valence-electron chi connectivity index (χ0n) is 11.3. The summed E-state index contributed by atoms with van der Waals surface area (Å²) in [6.07, 6.45) is 4.70. The highest BCUT2D eigenvalue weighted by atomic mass is 16.2. The number of amides is 1. The summed E-state index contributed by atoms with van der Waals surface area (Å²) in [4.78, 5) is 14.0. The van der Waals surface area contributed by atoms with Gasteiger partial charge in [0.1, 0.15) is 0 Å². The van der Waals surface area contributed by atoms with Crippen LogP contribution in [-0.4, -0.2) is 18.5 Å². The van der Waals surface area contributed by atoms with E-state index in [0.717, 1.165) is 36.9 Å². The average Bonchev–Trinajstić information content (AvgIpc) is 2.75. The third-order valence-electron chi connectivity index (χ3n) is 3.95. The largest absolute Gasteiger partial charge is 0.325 e. The summed E-state index contributed by atoms with van der Waals surface area (Å²) in [6.45, 7) is 2.02. The van der Waals surface area contributed by atoms with Crippen LogP contribution in [0.15, 0.2) is 24.3 Å². The van der Waals surface area contributed by atoms with Gasteiger partial charge in [0.2, 0.25) is 5.91 Å². The van der Waals surface area contributed by atoms with E-state index in [-0.39, 0.29) is 11.4 Å². The van der Waals surface area contributed by atoms with Crippen molar-refractivity contribution in [3.05, 3.63) is 29.8 Å². The molecule has 1 saturated carbocycles. The van der Waals surface area contributed by atoms with Crippen molar-refractivity contribution in [2.75, 3.05) is 11.9 Å². The number of carbonyl (C=O) groups is 1. The number of para-hydroxylation sites is 1. The Bertz CT molecular complexity index is 436. The molecule has 0 radical (unpaired) electrons. The molecule has 1 aliphatic rings. The zero-order chi connectivity index (χ0) is 13.2. The second-order valence-corrected chi connectivity index (χ2v) is 5.49. The molecule has 0 atom stereocenters. The van der Waals surface area contributed by atoms with Gasteiger partial charge in [-0.1, -0.05) is 31.0 Å². The monoisotopic (exact) mass is 246 g/mol. The van der Waals surface area contributed by atoms with E-state index in [1.54, 1.807) is 4.90 Å². The molecular weight excluding hydrogens is 224 g/mol. The molecule has 1 aliphatic carbocycles. The second kappa shape index (κ2) is 5.11. The third-order valence-corrected chi connectivity index (χ3v) is 3.95. The molecule has 3 nitrogen and oxygen atoms in total. The molecule has 1 amide bonds. The molecule has 2 N–H and O–H groups in total. The van der Waals surface area contributed by atoms with Crippen molar-refractivity contribution in [2.24, 2.45) is 5.73 Å². The number of nitrogens with two attached hydrogens (primary N) is 1. The van der Waals surface area contributed by atoms with Crippen LogP contribution in [0.3, 0.4) is 0 Å². The fourth-order valence-corrected chi connectivity index (χ4v) is 2.75. The number of nitrogens with zero attached hydrogens (tertiary/aromatic N) is 1. The second-order valence-electron chi connectivity index (χ2n) is 5.49. The highest BCUT2D eigenvalue weighted by Gasteiger charge is 2.33. The minimum absolute atomic E-state index is 0.119. The summed E-state index contributed by atoms with van der Waals surface area (Å²) in [5.74, 6) is 0.119. The Morgan fingerprint density at radius 2 is 1.94 bits per heavy atom. The third kappa shape index (κ3) is 2.72.